The molecule has 5 nitrogen and oxygen atoms in total. The van der Waals surface area contributed by atoms with Gasteiger partial charge in [-0.05, 0) is 19.3 Å². The van der Waals surface area contributed by atoms with Gasteiger partial charge in [0.2, 0.25) is 0 Å². The zero-order valence-corrected chi connectivity index (χ0v) is 6.71. The molecule has 1 rings (SSSR count). The van der Waals surface area contributed by atoms with Crippen LogP contribution in [-0.2, 0) is 9.53 Å². The molecular weight excluding hydrogens is 160 g/mol. The van der Waals surface area contributed by atoms with E-state index in [4.69, 9.17) is 5.73 Å². The monoisotopic (exact) mass is 172 g/mol. The van der Waals surface area contributed by atoms with Crippen LogP contribution in [0.2, 0.25) is 0 Å². The Kier molecular flexibility index (Phi) is 2.90. The molecule has 0 aromatic heterocycles. The van der Waals surface area contributed by atoms with E-state index in [0.717, 1.165) is 12.8 Å². The number of carbonyl (C=O) groups is 2. The van der Waals surface area contributed by atoms with E-state index in [-0.39, 0.29) is 5.91 Å². The number of carbonyl (C=O) groups excluding carboxylic acids is 2. The fourth-order valence-corrected chi connectivity index (χ4v) is 1.16. The predicted molar refractivity (Wildman–Crippen MR) is 41.3 cm³/mol. The van der Waals surface area contributed by atoms with Crippen LogP contribution in [0.5, 0.6) is 0 Å². The van der Waals surface area contributed by atoms with E-state index in [9.17, 15) is 9.59 Å². The summed E-state index contributed by atoms with van der Waals surface area (Å²) in [7, 11) is 0. The van der Waals surface area contributed by atoms with Crippen LogP contribution >= 0.6 is 0 Å². The first-order valence-corrected chi connectivity index (χ1v) is 3.94. The van der Waals surface area contributed by atoms with Crippen LogP contribution in [0.3, 0.4) is 0 Å². The lowest BCUT2D eigenvalue weighted by molar-refractivity contribution is -0.129. The van der Waals surface area contributed by atoms with E-state index in [1.165, 1.54) is 0 Å². The van der Waals surface area contributed by atoms with Crippen LogP contribution in [0.15, 0.2) is 0 Å². The Morgan fingerprint density at radius 2 is 2.33 bits per heavy atom. The van der Waals surface area contributed by atoms with E-state index in [0.29, 0.717) is 13.0 Å². The van der Waals surface area contributed by atoms with Gasteiger partial charge in [-0.15, -0.1) is 0 Å². The van der Waals surface area contributed by atoms with Gasteiger partial charge in [0.05, 0.1) is 0 Å². The SMILES string of the molecule is NC(=O)O[C@H]1CCCCNC1=O. The second kappa shape index (κ2) is 3.94. The van der Waals surface area contributed by atoms with Gasteiger partial charge < -0.3 is 15.8 Å². The van der Waals surface area contributed by atoms with E-state index in [1.807, 2.05) is 0 Å². The molecule has 5 heteroatoms. The van der Waals surface area contributed by atoms with Crippen molar-refractivity contribution in [1.29, 1.82) is 0 Å². The molecule has 1 fully saturated rings. The van der Waals surface area contributed by atoms with Crippen molar-refractivity contribution in [3.8, 4) is 0 Å². The molecule has 1 aliphatic heterocycles. The zero-order chi connectivity index (χ0) is 8.97. The first kappa shape index (κ1) is 8.83. The molecule has 0 aromatic rings. The lowest BCUT2D eigenvalue weighted by atomic mass is 10.2. The Bertz CT molecular complexity index is 193. The molecule has 0 spiro atoms. The van der Waals surface area contributed by atoms with E-state index in [2.05, 4.69) is 10.1 Å². The van der Waals surface area contributed by atoms with Gasteiger partial charge in [-0.25, -0.2) is 4.79 Å². The first-order chi connectivity index (χ1) is 5.70. The average Bonchev–Trinajstić information content (AvgIpc) is 2.16. The van der Waals surface area contributed by atoms with Crippen molar-refractivity contribution in [3.05, 3.63) is 0 Å². The van der Waals surface area contributed by atoms with Crippen molar-refractivity contribution in [3.63, 3.8) is 0 Å². The van der Waals surface area contributed by atoms with E-state index in [1.54, 1.807) is 0 Å². The maximum absolute atomic E-state index is 11.1. The van der Waals surface area contributed by atoms with Crippen LogP contribution in [0.4, 0.5) is 4.79 Å². The van der Waals surface area contributed by atoms with Crippen LogP contribution in [-0.4, -0.2) is 24.6 Å². The largest absolute Gasteiger partial charge is 0.436 e. The van der Waals surface area contributed by atoms with Crippen molar-refractivity contribution in [2.24, 2.45) is 5.73 Å². The summed E-state index contributed by atoms with van der Waals surface area (Å²) in [6.45, 7) is 0.650. The van der Waals surface area contributed by atoms with Crippen molar-refractivity contribution in [1.82, 2.24) is 5.32 Å². The molecule has 0 unspecified atom stereocenters. The number of ether oxygens (including phenoxy) is 1. The lowest BCUT2D eigenvalue weighted by Crippen LogP contribution is -2.37. The van der Waals surface area contributed by atoms with Gasteiger partial charge in [-0.1, -0.05) is 0 Å². The van der Waals surface area contributed by atoms with Crippen LogP contribution < -0.4 is 11.1 Å². The van der Waals surface area contributed by atoms with E-state index >= 15 is 0 Å². The maximum Gasteiger partial charge on any atom is 0.405 e. The second-order valence-corrected chi connectivity index (χ2v) is 2.71. The molecule has 0 aliphatic carbocycles. The topological polar surface area (TPSA) is 81.4 Å². The molecule has 68 valence electrons. The quantitative estimate of drug-likeness (QED) is 0.572. The molecule has 0 saturated carbocycles. The molecule has 1 aliphatic rings. The van der Waals surface area contributed by atoms with Crippen LogP contribution in [0.25, 0.3) is 0 Å². The van der Waals surface area contributed by atoms with E-state index < -0.39 is 12.2 Å². The second-order valence-electron chi connectivity index (χ2n) is 2.71. The maximum atomic E-state index is 11.1. The van der Waals surface area contributed by atoms with Crippen LogP contribution in [0, 0.1) is 0 Å². The molecule has 12 heavy (non-hydrogen) atoms. The minimum atomic E-state index is -0.892. The first-order valence-electron chi connectivity index (χ1n) is 3.94. The summed E-state index contributed by atoms with van der Waals surface area (Å²) in [6, 6.07) is 0. The highest BCUT2D eigenvalue weighted by Crippen LogP contribution is 2.08. The fraction of sp³-hybridized carbons (Fsp3) is 0.714. The third-order valence-electron chi connectivity index (χ3n) is 1.74. The smallest absolute Gasteiger partial charge is 0.405 e. The van der Waals surface area contributed by atoms with Crippen molar-refractivity contribution >= 4 is 12.0 Å². The number of nitrogens with one attached hydrogen (secondary N) is 1. The Hall–Kier alpha value is -1.26. The molecular formula is C7H12N2O3. The molecule has 1 atom stereocenters. The number of hydrogen-bond acceptors (Lipinski definition) is 3. The van der Waals surface area contributed by atoms with Crippen molar-refractivity contribution in [2.75, 3.05) is 6.54 Å². The van der Waals surface area contributed by atoms with Crippen molar-refractivity contribution < 1.29 is 14.3 Å². The minimum absolute atomic E-state index is 0.244. The van der Waals surface area contributed by atoms with Gasteiger partial charge in [0.25, 0.3) is 5.91 Å². The zero-order valence-electron chi connectivity index (χ0n) is 6.71. The van der Waals surface area contributed by atoms with Gasteiger partial charge in [0, 0.05) is 6.54 Å². The number of rotatable bonds is 1. The summed E-state index contributed by atoms with van der Waals surface area (Å²) in [5, 5.41) is 2.63. The summed E-state index contributed by atoms with van der Waals surface area (Å²) < 4.78 is 4.61. The summed E-state index contributed by atoms with van der Waals surface area (Å²) >= 11 is 0. The number of primary amides is 1. The van der Waals surface area contributed by atoms with Gasteiger partial charge in [0.1, 0.15) is 0 Å². The average molecular weight is 172 g/mol. The molecule has 0 aromatic carbocycles. The normalized spacial score (nSPS) is 24.0. The summed E-state index contributed by atoms with van der Waals surface area (Å²) in [4.78, 5) is 21.5. The number of nitrogens with two attached hydrogens (primary N) is 1. The highest BCUT2D eigenvalue weighted by atomic mass is 16.6. The standard InChI is InChI=1S/C7H12N2O3/c8-7(11)12-5-3-1-2-4-9-6(5)10/h5H,1-4H2,(H2,8,11)(H,9,10)/t5-/m0/s1. The van der Waals surface area contributed by atoms with Gasteiger partial charge in [-0.3, -0.25) is 4.79 Å². The molecule has 1 saturated heterocycles. The summed E-state index contributed by atoms with van der Waals surface area (Å²) in [5.74, 6) is -0.244. The third kappa shape index (κ3) is 2.41. The molecule has 0 bridgehead atoms. The highest BCUT2D eigenvalue weighted by molar-refractivity contribution is 5.83. The molecule has 3 N–H and O–H groups in total. The van der Waals surface area contributed by atoms with Crippen LogP contribution in [0.1, 0.15) is 19.3 Å². The molecule has 2 amide bonds. The summed E-state index contributed by atoms with van der Waals surface area (Å²) in [6.07, 6.45) is 0.776. The Morgan fingerprint density at radius 3 is 3.00 bits per heavy atom. The molecule has 0 radical (unpaired) electrons. The minimum Gasteiger partial charge on any atom is -0.436 e. The number of hydrogen-bond donors (Lipinski definition) is 2. The molecule has 1 heterocycles. The predicted octanol–water partition coefficient (Wildman–Crippen LogP) is -0.250. The highest BCUT2D eigenvalue weighted by Gasteiger charge is 2.23. The van der Waals surface area contributed by atoms with Gasteiger partial charge >= 0.3 is 6.09 Å². The number of amides is 2. The Labute approximate surface area is 70.2 Å². The van der Waals surface area contributed by atoms with Crippen molar-refractivity contribution in [2.45, 2.75) is 25.4 Å². The van der Waals surface area contributed by atoms with Gasteiger partial charge in [-0.2, -0.15) is 0 Å². The lowest BCUT2D eigenvalue weighted by Gasteiger charge is -2.11. The summed E-state index contributed by atoms with van der Waals surface area (Å²) in [5.41, 5.74) is 4.80. The Morgan fingerprint density at radius 1 is 1.58 bits per heavy atom. The Balaban J connectivity index is 2.47. The third-order valence-corrected chi connectivity index (χ3v) is 1.74. The fourth-order valence-electron chi connectivity index (χ4n) is 1.16. The van der Waals surface area contributed by atoms with Gasteiger partial charge in [0.15, 0.2) is 6.10 Å².